The van der Waals surface area contributed by atoms with Gasteiger partial charge >= 0.3 is 5.97 Å². The quantitative estimate of drug-likeness (QED) is 0.831. The lowest BCUT2D eigenvalue weighted by atomic mass is 10.0. The monoisotopic (exact) mass is 333 g/mol. The van der Waals surface area contributed by atoms with Gasteiger partial charge in [-0.1, -0.05) is 29.8 Å². The summed E-state index contributed by atoms with van der Waals surface area (Å²) in [5.74, 6) is -0.554. The maximum Gasteiger partial charge on any atom is 0.328 e. The van der Waals surface area contributed by atoms with E-state index in [9.17, 15) is 9.90 Å². The number of para-hydroxylation sites is 1. The molecule has 112 valence electrons. The second-order valence-corrected chi connectivity index (χ2v) is 6.24. The number of halogens is 1. The fraction of sp³-hybridized carbons (Fsp3) is 0.125. The topological polar surface area (TPSA) is 58.9 Å². The number of nitrogens with zero attached hydrogens (tertiary/aromatic N) is 1. The molecule has 0 spiro atoms. The summed E-state index contributed by atoms with van der Waals surface area (Å²) < 4.78 is 6.20. The van der Waals surface area contributed by atoms with Gasteiger partial charge in [0.05, 0.1) is 22.2 Å². The number of rotatable bonds is 2. The minimum atomic E-state index is -1.01. The molecule has 2 heterocycles. The third-order valence-corrected chi connectivity index (χ3v) is 4.44. The maximum atomic E-state index is 11.2. The Morgan fingerprint density at radius 3 is 2.91 bits per heavy atom. The molecule has 1 N–H and O–H groups in total. The summed E-state index contributed by atoms with van der Waals surface area (Å²) in [4.78, 5) is 16.5. The first-order valence-corrected chi connectivity index (χ1v) is 7.85. The minimum absolute atomic E-state index is 0.460. The number of carboxylic acids is 1. The molecule has 0 amide bonds. The number of carbonyl (C=O) groups is 1. The summed E-state index contributed by atoms with van der Waals surface area (Å²) in [5, 5.41) is 9.21. The van der Waals surface area contributed by atoms with Crippen LogP contribution < -0.4 is 0 Å². The first-order valence-electron chi connectivity index (χ1n) is 6.65. The predicted octanol–water partition coefficient (Wildman–Crippen LogP) is 4.35. The fourth-order valence-corrected chi connectivity index (χ4v) is 3.57. The molecular formula is C16H12ClNO3S. The molecule has 2 aromatic rings. The molecule has 0 radical (unpaired) electrons. The predicted molar refractivity (Wildman–Crippen MR) is 88.3 cm³/mol. The standard InChI is InChI=1S/C16H12ClNO3S/c1-2-21-16-11-7-13(17)22-15(11)10(8-14(19)20)9-5-3-4-6-12(9)18-16/h3-8H,2H2,1H3,(H,19,20)/b10-8-. The van der Waals surface area contributed by atoms with Crippen LogP contribution in [0.2, 0.25) is 4.34 Å². The second kappa shape index (κ2) is 5.94. The van der Waals surface area contributed by atoms with Crippen LogP contribution in [0.5, 0.6) is 0 Å². The van der Waals surface area contributed by atoms with Gasteiger partial charge in [0, 0.05) is 22.1 Å². The van der Waals surface area contributed by atoms with Crippen molar-refractivity contribution in [2.75, 3.05) is 6.61 Å². The molecule has 0 aliphatic carbocycles. The molecule has 0 unspecified atom stereocenters. The highest BCUT2D eigenvalue weighted by molar-refractivity contribution is 7.17. The average Bonchev–Trinajstić information content (AvgIpc) is 2.82. The van der Waals surface area contributed by atoms with Gasteiger partial charge < -0.3 is 9.84 Å². The Kier molecular flexibility index (Phi) is 4.00. The molecule has 0 bridgehead atoms. The highest BCUT2D eigenvalue weighted by Gasteiger charge is 2.25. The number of hydrogen-bond acceptors (Lipinski definition) is 4. The highest BCUT2D eigenvalue weighted by Crippen LogP contribution is 2.42. The van der Waals surface area contributed by atoms with Crippen LogP contribution in [0.3, 0.4) is 0 Å². The molecule has 0 fully saturated rings. The summed E-state index contributed by atoms with van der Waals surface area (Å²) in [6.07, 6.45) is 1.19. The molecule has 3 rings (SSSR count). The number of thiophene rings is 1. The van der Waals surface area contributed by atoms with Gasteiger partial charge in [-0.25, -0.2) is 9.79 Å². The van der Waals surface area contributed by atoms with Gasteiger partial charge in [0.25, 0.3) is 0 Å². The van der Waals surface area contributed by atoms with E-state index >= 15 is 0 Å². The Morgan fingerprint density at radius 1 is 1.41 bits per heavy atom. The average molecular weight is 334 g/mol. The van der Waals surface area contributed by atoms with Crippen LogP contribution in [-0.2, 0) is 9.53 Å². The van der Waals surface area contributed by atoms with E-state index in [2.05, 4.69) is 4.99 Å². The van der Waals surface area contributed by atoms with Crippen molar-refractivity contribution in [2.45, 2.75) is 6.92 Å². The molecule has 0 saturated carbocycles. The van der Waals surface area contributed by atoms with E-state index in [0.29, 0.717) is 28.1 Å². The molecule has 0 saturated heterocycles. The van der Waals surface area contributed by atoms with Gasteiger partial charge in [0.2, 0.25) is 5.90 Å². The van der Waals surface area contributed by atoms with E-state index in [1.165, 1.54) is 17.4 Å². The lowest BCUT2D eigenvalue weighted by molar-refractivity contribution is -0.131. The minimum Gasteiger partial charge on any atom is -0.478 e. The van der Waals surface area contributed by atoms with Crippen molar-refractivity contribution < 1.29 is 14.6 Å². The number of aliphatic carboxylic acids is 1. The van der Waals surface area contributed by atoms with Crippen molar-refractivity contribution in [1.82, 2.24) is 0 Å². The summed E-state index contributed by atoms with van der Waals surface area (Å²) in [6.45, 7) is 2.34. The molecule has 0 atom stereocenters. The molecule has 1 aliphatic heterocycles. The molecule has 1 aliphatic rings. The van der Waals surface area contributed by atoms with Crippen LogP contribution in [-0.4, -0.2) is 23.6 Å². The summed E-state index contributed by atoms with van der Waals surface area (Å²) in [6, 6.07) is 9.15. The van der Waals surface area contributed by atoms with Crippen molar-refractivity contribution in [1.29, 1.82) is 0 Å². The Morgan fingerprint density at radius 2 is 2.18 bits per heavy atom. The number of benzene rings is 1. The Labute approximate surface area is 136 Å². The van der Waals surface area contributed by atoms with Crippen molar-refractivity contribution >= 4 is 46.1 Å². The van der Waals surface area contributed by atoms with Crippen molar-refractivity contribution in [3.63, 3.8) is 0 Å². The van der Waals surface area contributed by atoms with Crippen LogP contribution in [0.4, 0.5) is 5.69 Å². The fourth-order valence-electron chi connectivity index (χ4n) is 2.32. The highest BCUT2D eigenvalue weighted by atomic mass is 35.5. The van der Waals surface area contributed by atoms with E-state index < -0.39 is 5.97 Å². The molecule has 6 heteroatoms. The Hall–Kier alpha value is -2.11. The van der Waals surface area contributed by atoms with E-state index in [4.69, 9.17) is 16.3 Å². The van der Waals surface area contributed by atoms with Crippen LogP contribution in [0.15, 0.2) is 41.4 Å². The van der Waals surface area contributed by atoms with Crippen LogP contribution in [0.1, 0.15) is 22.9 Å². The lowest BCUT2D eigenvalue weighted by Gasteiger charge is -2.06. The van der Waals surface area contributed by atoms with Crippen molar-refractivity contribution in [2.24, 2.45) is 4.99 Å². The van der Waals surface area contributed by atoms with Gasteiger partial charge in [0.15, 0.2) is 0 Å². The summed E-state index contributed by atoms with van der Waals surface area (Å²) in [7, 11) is 0. The molecule has 4 nitrogen and oxygen atoms in total. The van der Waals surface area contributed by atoms with Crippen LogP contribution in [0.25, 0.3) is 5.57 Å². The zero-order chi connectivity index (χ0) is 15.7. The zero-order valence-electron chi connectivity index (χ0n) is 11.7. The third kappa shape index (κ3) is 2.65. The first kappa shape index (κ1) is 14.8. The first-order chi connectivity index (χ1) is 10.6. The van der Waals surface area contributed by atoms with Gasteiger partial charge in [-0.15, -0.1) is 11.3 Å². The van der Waals surface area contributed by atoms with Crippen LogP contribution in [0, 0.1) is 0 Å². The number of ether oxygens (including phenoxy) is 1. The summed E-state index contributed by atoms with van der Waals surface area (Å²) in [5.41, 5.74) is 2.74. The SMILES string of the molecule is CCOC1=Nc2ccccc2/C(=C/C(=O)O)c2sc(Cl)cc21. The Bertz CT molecular complexity index is 807. The number of fused-ring (bicyclic) bond motifs is 2. The van der Waals surface area contributed by atoms with Gasteiger partial charge in [0.1, 0.15) is 0 Å². The van der Waals surface area contributed by atoms with Gasteiger partial charge in [-0.3, -0.25) is 0 Å². The zero-order valence-corrected chi connectivity index (χ0v) is 13.2. The van der Waals surface area contributed by atoms with E-state index in [0.717, 1.165) is 16.0 Å². The molecular weight excluding hydrogens is 322 g/mol. The largest absolute Gasteiger partial charge is 0.478 e. The van der Waals surface area contributed by atoms with E-state index in [1.807, 2.05) is 31.2 Å². The number of carboxylic acid groups (broad SMARTS) is 1. The van der Waals surface area contributed by atoms with Gasteiger partial charge in [-0.2, -0.15) is 0 Å². The Balaban J connectivity index is 2.33. The molecule has 1 aromatic carbocycles. The third-order valence-electron chi connectivity index (χ3n) is 3.14. The van der Waals surface area contributed by atoms with E-state index in [-0.39, 0.29) is 0 Å². The number of hydrogen-bond donors (Lipinski definition) is 1. The second-order valence-electron chi connectivity index (χ2n) is 4.56. The molecule has 1 aromatic heterocycles. The molecule has 22 heavy (non-hydrogen) atoms. The smallest absolute Gasteiger partial charge is 0.328 e. The lowest BCUT2D eigenvalue weighted by Crippen LogP contribution is -2.06. The normalized spacial score (nSPS) is 14.8. The van der Waals surface area contributed by atoms with Crippen molar-refractivity contribution in [3.8, 4) is 0 Å². The maximum absolute atomic E-state index is 11.2. The van der Waals surface area contributed by atoms with Gasteiger partial charge in [-0.05, 0) is 19.1 Å². The summed E-state index contributed by atoms with van der Waals surface area (Å²) >= 11 is 7.45. The number of aliphatic imine (C=N–C) groups is 1. The van der Waals surface area contributed by atoms with Crippen molar-refractivity contribution in [3.05, 3.63) is 56.7 Å². The van der Waals surface area contributed by atoms with E-state index in [1.54, 1.807) is 6.07 Å². The van der Waals surface area contributed by atoms with Crippen LogP contribution >= 0.6 is 22.9 Å².